The van der Waals surface area contributed by atoms with Crippen LogP contribution in [0.3, 0.4) is 0 Å². The van der Waals surface area contributed by atoms with Crippen LogP contribution in [-0.2, 0) is 19.0 Å². The van der Waals surface area contributed by atoms with Gasteiger partial charge in [-0.1, -0.05) is 20.8 Å². The Bertz CT molecular complexity index is 621. The summed E-state index contributed by atoms with van der Waals surface area (Å²) in [6.45, 7) is 8.69. The predicted octanol–water partition coefficient (Wildman–Crippen LogP) is 2.41. The maximum absolute atomic E-state index is 12.2. The largest absolute Gasteiger partial charge is 0.346 e. The SMILES string of the molecule is Cc1ncc(CNC(=O)c2cc(C(C)(C)C)nn2C)s1. The van der Waals surface area contributed by atoms with Crippen LogP contribution in [0.1, 0.15) is 46.8 Å². The lowest BCUT2D eigenvalue weighted by Gasteiger charge is -2.13. The summed E-state index contributed by atoms with van der Waals surface area (Å²) in [6, 6.07) is 1.85. The molecule has 2 rings (SSSR count). The zero-order valence-corrected chi connectivity index (χ0v) is 13.3. The molecule has 0 saturated heterocycles. The van der Waals surface area contributed by atoms with E-state index in [0.29, 0.717) is 12.2 Å². The number of hydrogen-bond donors (Lipinski definition) is 1. The third-order valence-corrected chi connectivity index (χ3v) is 3.89. The normalized spacial score (nSPS) is 11.7. The second-order valence-corrected chi connectivity index (χ2v) is 7.14. The molecule has 0 fully saturated rings. The van der Waals surface area contributed by atoms with Gasteiger partial charge < -0.3 is 5.32 Å². The fourth-order valence-corrected chi connectivity index (χ4v) is 2.53. The molecule has 0 aliphatic heterocycles. The molecule has 2 aromatic heterocycles. The molecule has 0 radical (unpaired) electrons. The van der Waals surface area contributed by atoms with Gasteiger partial charge in [0.1, 0.15) is 5.69 Å². The van der Waals surface area contributed by atoms with E-state index in [4.69, 9.17) is 0 Å². The summed E-state index contributed by atoms with van der Waals surface area (Å²) in [4.78, 5) is 17.4. The molecular weight excluding hydrogens is 272 g/mol. The molecule has 1 amide bonds. The lowest BCUT2D eigenvalue weighted by Crippen LogP contribution is -2.24. The van der Waals surface area contributed by atoms with Crippen molar-refractivity contribution in [2.45, 2.75) is 39.7 Å². The molecule has 0 bridgehead atoms. The van der Waals surface area contributed by atoms with Gasteiger partial charge in [0.25, 0.3) is 5.91 Å². The second kappa shape index (κ2) is 5.36. The highest BCUT2D eigenvalue weighted by Gasteiger charge is 2.21. The maximum Gasteiger partial charge on any atom is 0.269 e. The average Bonchev–Trinajstić information content (AvgIpc) is 2.92. The first kappa shape index (κ1) is 14.7. The summed E-state index contributed by atoms with van der Waals surface area (Å²) in [5.41, 5.74) is 1.43. The van der Waals surface area contributed by atoms with Gasteiger partial charge in [0.2, 0.25) is 0 Å². The van der Waals surface area contributed by atoms with Crippen molar-refractivity contribution in [3.05, 3.63) is 33.5 Å². The van der Waals surface area contributed by atoms with Gasteiger partial charge >= 0.3 is 0 Å². The van der Waals surface area contributed by atoms with E-state index < -0.39 is 0 Å². The minimum Gasteiger partial charge on any atom is -0.346 e. The summed E-state index contributed by atoms with van der Waals surface area (Å²) < 4.78 is 1.63. The molecule has 6 heteroatoms. The van der Waals surface area contributed by atoms with Crippen LogP contribution in [0.25, 0.3) is 0 Å². The smallest absolute Gasteiger partial charge is 0.269 e. The molecule has 0 spiro atoms. The summed E-state index contributed by atoms with van der Waals surface area (Å²) >= 11 is 1.59. The fourth-order valence-electron chi connectivity index (χ4n) is 1.79. The van der Waals surface area contributed by atoms with Crippen LogP contribution >= 0.6 is 11.3 Å². The van der Waals surface area contributed by atoms with Crippen molar-refractivity contribution >= 4 is 17.2 Å². The highest BCUT2D eigenvalue weighted by Crippen LogP contribution is 2.21. The van der Waals surface area contributed by atoms with Crippen molar-refractivity contribution in [2.75, 3.05) is 0 Å². The lowest BCUT2D eigenvalue weighted by atomic mass is 9.92. The Morgan fingerprint density at radius 3 is 2.65 bits per heavy atom. The van der Waals surface area contributed by atoms with Crippen LogP contribution < -0.4 is 5.32 Å². The Morgan fingerprint density at radius 2 is 2.15 bits per heavy atom. The first-order chi connectivity index (χ1) is 9.27. The topological polar surface area (TPSA) is 59.8 Å². The average molecular weight is 292 g/mol. The van der Waals surface area contributed by atoms with Crippen molar-refractivity contribution in [1.29, 1.82) is 0 Å². The van der Waals surface area contributed by atoms with Gasteiger partial charge in [0, 0.05) is 23.5 Å². The van der Waals surface area contributed by atoms with Crippen LogP contribution in [0.5, 0.6) is 0 Å². The van der Waals surface area contributed by atoms with Crippen molar-refractivity contribution in [2.24, 2.45) is 7.05 Å². The Hall–Kier alpha value is -1.69. The predicted molar refractivity (Wildman–Crippen MR) is 79.9 cm³/mol. The van der Waals surface area contributed by atoms with Crippen LogP contribution in [0, 0.1) is 6.92 Å². The summed E-state index contributed by atoms with van der Waals surface area (Å²) in [5.74, 6) is -0.110. The minimum absolute atomic E-state index is 0.0644. The number of nitrogens with one attached hydrogen (secondary N) is 1. The molecule has 0 aromatic carbocycles. The number of rotatable bonds is 3. The van der Waals surface area contributed by atoms with Crippen LogP contribution in [0.4, 0.5) is 0 Å². The molecule has 1 N–H and O–H groups in total. The first-order valence-corrected chi connectivity index (χ1v) is 7.33. The number of aryl methyl sites for hydroxylation is 2. The third-order valence-electron chi connectivity index (χ3n) is 2.97. The zero-order valence-electron chi connectivity index (χ0n) is 12.5. The summed E-state index contributed by atoms with van der Waals surface area (Å²) in [6.07, 6.45) is 1.80. The van der Waals surface area contributed by atoms with Gasteiger partial charge in [-0.25, -0.2) is 4.98 Å². The zero-order chi connectivity index (χ0) is 14.9. The van der Waals surface area contributed by atoms with Crippen molar-refractivity contribution < 1.29 is 4.79 Å². The molecular formula is C14H20N4OS. The van der Waals surface area contributed by atoms with Gasteiger partial charge in [-0.05, 0) is 13.0 Å². The van der Waals surface area contributed by atoms with Crippen LogP contribution in [-0.4, -0.2) is 20.7 Å². The van der Waals surface area contributed by atoms with Crippen LogP contribution in [0.2, 0.25) is 0 Å². The Balaban J connectivity index is 2.08. The molecule has 20 heavy (non-hydrogen) atoms. The van der Waals surface area contributed by atoms with Crippen molar-refractivity contribution in [3.63, 3.8) is 0 Å². The van der Waals surface area contributed by atoms with Gasteiger partial charge in [0.05, 0.1) is 17.2 Å². The van der Waals surface area contributed by atoms with E-state index in [-0.39, 0.29) is 11.3 Å². The number of nitrogens with zero attached hydrogens (tertiary/aromatic N) is 3. The highest BCUT2D eigenvalue weighted by molar-refractivity contribution is 7.11. The van der Waals surface area contributed by atoms with Gasteiger partial charge in [-0.15, -0.1) is 11.3 Å². The van der Waals surface area contributed by atoms with Gasteiger partial charge in [-0.2, -0.15) is 5.10 Å². The number of carbonyl (C=O) groups is 1. The van der Waals surface area contributed by atoms with Crippen LogP contribution in [0.15, 0.2) is 12.3 Å². The molecule has 2 aromatic rings. The Labute approximate surface area is 123 Å². The van der Waals surface area contributed by atoms with E-state index in [1.165, 1.54) is 0 Å². The molecule has 108 valence electrons. The van der Waals surface area contributed by atoms with E-state index in [2.05, 4.69) is 36.2 Å². The summed E-state index contributed by atoms with van der Waals surface area (Å²) in [7, 11) is 1.79. The molecule has 0 aliphatic carbocycles. The molecule has 0 saturated carbocycles. The number of amides is 1. The number of hydrogen-bond acceptors (Lipinski definition) is 4. The summed E-state index contributed by atoms with van der Waals surface area (Å²) in [5, 5.41) is 8.32. The molecule has 0 atom stereocenters. The number of carbonyl (C=O) groups excluding carboxylic acids is 1. The molecule has 2 heterocycles. The highest BCUT2D eigenvalue weighted by atomic mass is 32.1. The van der Waals surface area contributed by atoms with Crippen molar-refractivity contribution in [3.8, 4) is 0 Å². The molecule has 0 aliphatic rings. The first-order valence-electron chi connectivity index (χ1n) is 6.51. The van der Waals surface area contributed by atoms with E-state index in [0.717, 1.165) is 15.6 Å². The van der Waals surface area contributed by atoms with Gasteiger partial charge in [-0.3, -0.25) is 9.48 Å². The standard InChI is InChI=1S/C14H20N4OS/c1-9-15-7-10(20-9)8-16-13(19)11-6-12(14(2,3)4)17-18(11)5/h6-7H,8H2,1-5H3,(H,16,19). The monoisotopic (exact) mass is 292 g/mol. The quantitative estimate of drug-likeness (QED) is 0.945. The minimum atomic E-state index is -0.110. The molecule has 0 unspecified atom stereocenters. The second-order valence-electron chi connectivity index (χ2n) is 5.82. The maximum atomic E-state index is 12.2. The lowest BCUT2D eigenvalue weighted by molar-refractivity contribution is 0.0942. The van der Waals surface area contributed by atoms with E-state index >= 15 is 0 Å². The molecule has 5 nitrogen and oxygen atoms in total. The number of thiazole rings is 1. The van der Waals surface area contributed by atoms with Crippen molar-refractivity contribution in [1.82, 2.24) is 20.1 Å². The third kappa shape index (κ3) is 3.25. The Kier molecular flexibility index (Phi) is 3.94. The Morgan fingerprint density at radius 1 is 1.45 bits per heavy atom. The van der Waals surface area contributed by atoms with E-state index in [9.17, 15) is 4.79 Å². The fraction of sp³-hybridized carbons (Fsp3) is 0.500. The van der Waals surface area contributed by atoms with Gasteiger partial charge in [0.15, 0.2) is 0 Å². The van der Waals surface area contributed by atoms with E-state index in [1.807, 2.05) is 13.0 Å². The number of aromatic nitrogens is 3. The van der Waals surface area contributed by atoms with E-state index in [1.54, 1.807) is 29.3 Å².